The number of aliphatic carboxylic acids is 1. The number of thiazole rings is 1. The summed E-state index contributed by atoms with van der Waals surface area (Å²) in [6, 6.07) is -1.01. The maximum absolute atomic E-state index is 11.5. The highest BCUT2D eigenvalue weighted by molar-refractivity contribution is 7.09. The van der Waals surface area contributed by atoms with E-state index in [0.29, 0.717) is 0 Å². The van der Waals surface area contributed by atoms with E-state index in [1.807, 2.05) is 0 Å². The minimum atomic E-state index is -1.10. The number of amides is 1. The summed E-state index contributed by atoms with van der Waals surface area (Å²) < 4.78 is 5.01. The Bertz CT molecular complexity index is 411. The van der Waals surface area contributed by atoms with Crippen molar-refractivity contribution in [1.82, 2.24) is 10.3 Å². The van der Waals surface area contributed by atoms with E-state index >= 15 is 0 Å². The van der Waals surface area contributed by atoms with Crippen LogP contribution < -0.4 is 5.32 Å². The normalized spacial score (nSPS) is 12.8. The highest BCUT2D eigenvalue weighted by Crippen LogP contribution is 2.10. The smallest absolute Gasteiger partial charge is 0.408 e. The molecule has 0 radical (unpaired) electrons. The van der Waals surface area contributed by atoms with Crippen molar-refractivity contribution >= 4 is 23.4 Å². The highest BCUT2D eigenvalue weighted by atomic mass is 32.1. The topological polar surface area (TPSA) is 88.5 Å². The molecule has 0 bridgehead atoms. The van der Waals surface area contributed by atoms with E-state index < -0.39 is 23.7 Å². The van der Waals surface area contributed by atoms with Crippen LogP contribution in [0, 0.1) is 0 Å². The van der Waals surface area contributed by atoms with Crippen molar-refractivity contribution in [3.8, 4) is 0 Å². The predicted octanol–water partition coefficient (Wildman–Crippen LogP) is 1.66. The Kier molecular flexibility index (Phi) is 4.66. The summed E-state index contributed by atoms with van der Waals surface area (Å²) in [5, 5.41) is 11.4. The minimum Gasteiger partial charge on any atom is -0.480 e. The fraction of sp³-hybridized carbons (Fsp3) is 0.545. The zero-order chi connectivity index (χ0) is 13.8. The first kappa shape index (κ1) is 14.4. The van der Waals surface area contributed by atoms with Gasteiger partial charge in [-0.3, -0.25) is 4.98 Å². The Morgan fingerprint density at radius 2 is 2.22 bits per heavy atom. The number of carbonyl (C=O) groups is 2. The summed E-state index contributed by atoms with van der Waals surface area (Å²) in [5.74, 6) is -1.10. The molecule has 1 rings (SSSR count). The van der Waals surface area contributed by atoms with Crippen LogP contribution in [-0.4, -0.2) is 33.8 Å². The van der Waals surface area contributed by atoms with Gasteiger partial charge in [0.2, 0.25) is 0 Å². The third-order valence-electron chi connectivity index (χ3n) is 1.88. The van der Waals surface area contributed by atoms with Crippen molar-refractivity contribution < 1.29 is 19.4 Å². The number of rotatable bonds is 4. The summed E-state index contributed by atoms with van der Waals surface area (Å²) in [6.45, 7) is 5.14. The van der Waals surface area contributed by atoms with Gasteiger partial charge in [0.25, 0.3) is 0 Å². The van der Waals surface area contributed by atoms with Gasteiger partial charge in [-0.05, 0) is 20.8 Å². The zero-order valence-corrected chi connectivity index (χ0v) is 11.3. The summed E-state index contributed by atoms with van der Waals surface area (Å²) in [6.07, 6.45) is 1.04. The summed E-state index contributed by atoms with van der Waals surface area (Å²) in [5.41, 5.74) is 0.958. The lowest BCUT2D eigenvalue weighted by molar-refractivity contribution is -0.139. The van der Waals surface area contributed by atoms with E-state index in [1.54, 1.807) is 32.5 Å². The molecule has 1 amide bonds. The lowest BCUT2D eigenvalue weighted by Gasteiger charge is -2.21. The molecule has 0 aromatic carbocycles. The van der Waals surface area contributed by atoms with Crippen LogP contribution in [0.1, 0.15) is 25.6 Å². The van der Waals surface area contributed by atoms with Crippen LogP contribution in [-0.2, 0) is 16.0 Å². The van der Waals surface area contributed by atoms with Gasteiger partial charge in [0.05, 0.1) is 5.51 Å². The molecule has 1 aromatic rings. The number of carboxylic acid groups (broad SMARTS) is 1. The Balaban J connectivity index is 2.58. The quantitative estimate of drug-likeness (QED) is 0.870. The van der Waals surface area contributed by atoms with Crippen LogP contribution >= 0.6 is 11.3 Å². The maximum Gasteiger partial charge on any atom is 0.408 e. The molecule has 6 nitrogen and oxygen atoms in total. The van der Waals surface area contributed by atoms with E-state index in [-0.39, 0.29) is 6.42 Å². The number of nitrogens with zero attached hydrogens (tertiary/aromatic N) is 1. The minimum absolute atomic E-state index is 0.194. The lowest BCUT2D eigenvalue weighted by Crippen LogP contribution is -2.44. The van der Waals surface area contributed by atoms with Crippen LogP contribution in [0.4, 0.5) is 4.79 Å². The molecule has 100 valence electrons. The molecule has 0 saturated carbocycles. The van der Waals surface area contributed by atoms with E-state index in [1.165, 1.54) is 11.3 Å². The molecule has 0 aliphatic heterocycles. The van der Waals surface area contributed by atoms with Crippen LogP contribution in [0.5, 0.6) is 0 Å². The van der Waals surface area contributed by atoms with E-state index in [0.717, 1.165) is 4.88 Å². The number of ether oxygens (including phenoxy) is 1. The molecule has 7 heteroatoms. The molecule has 1 unspecified atom stereocenters. The van der Waals surface area contributed by atoms with Crippen LogP contribution in [0.3, 0.4) is 0 Å². The third kappa shape index (κ3) is 5.13. The number of nitrogens with one attached hydrogen (secondary N) is 1. The third-order valence-corrected chi connectivity index (χ3v) is 2.68. The second kappa shape index (κ2) is 5.81. The van der Waals surface area contributed by atoms with Gasteiger partial charge in [0.15, 0.2) is 0 Å². The van der Waals surface area contributed by atoms with Crippen LogP contribution in [0.25, 0.3) is 0 Å². The monoisotopic (exact) mass is 272 g/mol. The Hall–Kier alpha value is -1.63. The van der Waals surface area contributed by atoms with E-state index in [2.05, 4.69) is 10.3 Å². The average molecular weight is 272 g/mol. The van der Waals surface area contributed by atoms with Crippen molar-refractivity contribution in [1.29, 1.82) is 0 Å². The lowest BCUT2D eigenvalue weighted by atomic mass is 10.2. The van der Waals surface area contributed by atoms with Crippen molar-refractivity contribution in [3.05, 3.63) is 16.6 Å². The second-order valence-electron chi connectivity index (χ2n) is 4.71. The maximum atomic E-state index is 11.5. The van der Waals surface area contributed by atoms with Crippen molar-refractivity contribution in [3.63, 3.8) is 0 Å². The average Bonchev–Trinajstić information content (AvgIpc) is 2.66. The molecule has 1 heterocycles. The number of hydrogen-bond acceptors (Lipinski definition) is 5. The highest BCUT2D eigenvalue weighted by Gasteiger charge is 2.24. The van der Waals surface area contributed by atoms with Gasteiger partial charge in [-0.15, -0.1) is 11.3 Å². The number of carbonyl (C=O) groups excluding carboxylic acids is 1. The van der Waals surface area contributed by atoms with Crippen molar-refractivity contribution in [2.45, 2.75) is 38.8 Å². The van der Waals surface area contributed by atoms with Crippen LogP contribution in [0.15, 0.2) is 11.7 Å². The predicted molar refractivity (Wildman–Crippen MR) is 66.6 cm³/mol. The van der Waals surface area contributed by atoms with E-state index in [9.17, 15) is 9.59 Å². The molecule has 1 atom stereocenters. The number of aromatic nitrogens is 1. The standard InChI is InChI=1S/C11H16N2O4S/c1-11(2,3)17-10(16)13-8(9(14)15)4-7-5-12-6-18-7/h5-6,8H,4H2,1-3H3,(H,13,16)(H,14,15). The fourth-order valence-electron chi connectivity index (χ4n) is 1.19. The summed E-state index contributed by atoms with van der Waals surface area (Å²) in [7, 11) is 0. The Labute approximate surface area is 109 Å². The Morgan fingerprint density at radius 3 is 2.67 bits per heavy atom. The fourth-order valence-corrected chi connectivity index (χ4v) is 1.84. The molecule has 0 fully saturated rings. The second-order valence-corrected chi connectivity index (χ2v) is 5.68. The summed E-state index contributed by atoms with van der Waals surface area (Å²) >= 11 is 1.34. The molecule has 1 aromatic heterocycles. The first-order valence-electron chi connectivity index (χ1n) is 5.37. The van der Waals surface area contributed by atoms with Crippen LogP contribution in [0.2, 0.25) is 0 Å². The molecule has 0 aliphatic rings. The molecule has 0 saturated heterocycles. The Morgan fingerprint density at radius 1 is 1.56 bits per heavy atom. The van der Waals surface area contributed by atoms with Gasteiger partial charge >= 0.3 is 12.1 Å². The summed E-state index contributed by atoms with van der Waals surface area (Å²) in [4.78, 5) is 27.2. The first-order valence-corrected chi connectivity index (χ1v) is 6.25. The molecular weight excluding hydrogens is 256 g/mol. The molecule has 0 spiro atoms. The van der Waals surface area contributed by atoms with Crippen molar-refractivity contribution in [2.75, 3.05) is 0 Å². The molecule has 0 aliphatic carbocycles. The number of alkyl carbamates (subject to hydrolysis) is 1. The van der Waals surface area contributed by atoms with Gasteiger partial charge in [-0.2, -0.15) is 0 Å². The number of hydrogen-bond donors (Lipinski definition) is 2. The van der Waals surface area contributed by atoms with Gasteiger partial charge < -0.3 is 15.2 Å². The molecular formula is C11H16N2O4S. The van der Waals surface area contributed by atoms with Gasteiger partial charge in [0.1, 0.15) is 11.6 Å². The number of carboxylic acids is 1. The zero-order valence-electron chi connectivity index (χ0n) is 10.5. The molecule has 2 N–H and O–H groups in total. The SMILES string of the molecule is CC(C)(C)OC(=O)NC(Cc1cncs1)C(=O)O. The van der Waals surface area contributed by atoms with E-state index in [4.69, 9.17) is 9.84 Å². The van der Waals surface area contributed by atoms with Gasteiger partial charge in [-0.1, -0.05) is 0 Å². The van der Waals surface area contributed by atoms with Crippen molar-refractivity contribution in [2.24, 2.45) is 0 Å². The van der Waals surface area contributed by atoms with Gasteiger partial charge in [-0.25, -0.2) is 9.59 Å². The van der Waals surface area contributed by atoms with Gasteiger partial charge in [0, 0.05) is 17.5 Å². The largest absolute Gasteiger partial charge is 0.480 e. The molecule has 18 heavy (non-hydrogen) atoms. The first-order chi connectivity index (χ1) is 8.28.